The van der Waals surface area contributed by atoms with Crippen molar-refractivity contribution in [3.05, 3.63) is 35.6 Å². The molecule has 0 atom stereocenters. The zero-order valence-electron chi connectivity index (χ0n) is 9.69. The number of cyclic esters (lactones) is 1. The topological polar surface area (TPSA) is 58.6 Å². The molecule has 1 aliphatic heterocycles. The van der Waals surface area contributed by atoms with Crippen molar-refractivity contribution in [1.82, 2.24) is 10.2 Å². The summed E-state index contributed by atoms with van der Waals surface area (Å²) in [7, 11) is 0. The highest BCUT2D eigenvalue weighted by molar-refractivity contribution is 5.94. The number of benzene rings is 1. The van der Waals surface area contributed by atoms with E-state index in [0.717, 1.165) is 0 Å². The molecule has 0 aliphatic carbocycles. The Morgan fingerprint density at radius 2 is 2.33 bits per heavy atom. The highest BCUT2D eigenvalue weighted by Gasteiger charge is 2.21. The second kappa shape index (κ2) is 5.48. The van der Waals surface area contributed by atoms with Gasteiger partial charge in [0, 0.05) is 18.7 Å². The molecule has 0 aromatic heterocycles. The number of nitrogens with one attached hydrogen (secondary N) is 1. The fourth-order valence-electron chi connectivity index (χ4n) is 1.66. The van der Waals surface area contributed by atoms with Gasteiger partial charge in [-0.1, -0.05) is 6.07 Å². The quantitative estimate of drug-likeness (QED) is 0.870. The van der Waals surface area contributed by atoms with E-state index in [1.54, 1.807) is 0 Å². The minimum atomic E-state index is -0.453. The maximum absolute atomic E-state index is 12.9. The van der Waals surface area contributed by atoms with E-state index in [1.165, 1.54) is 29.2 Å². The lowest BCUT2D eigenvalue weighted by Gasteiger charge is -2.12. The molecular formula is C12H13FN2O3. The van der Waals surface area contributed by atoms with Gasteiger partial charge in [-0.15, -0.1) is 0 Å². The van der Waals surface area contributed by atoms with E-state index in [0.29, 0.717) is 26.2 Å². The van der Waals surface area contributed by atoms with Crippen molar-refractivity contribution in [2.24, 2.45) is 0 Å². The summed E-state index contributed by atoms with van der Waals surface area (Å²) in [5.74, 6) is -0.812. The molecule has 1 fully saturated rings. The van der Waals surface area contributed by atoms with Gasteiger partial charge in [-0.25, -0.2) is 9.18 Å². The van der Waals surface area contributed by atoms with Gasteiger partial charge in [0.25, 0.3) is 5.91 Å². The maximum Gasteiger partial charge on any atom is 0.409 e. The normalized spacial score (nSPS) is 14.5. The summed E-state index contributed by atoms with van der Waals surface area (Å²) in [6.07, 6.45) is -0.366. The summed E-state index contributed by atoms with van der Waals surface area (Å²) in [5, 5.41) is 2.62. The average molecular weight is 252 g/mol. The lowest BCUT2D eigenvalue weighted by molar-refractivity contribution is 0.0948. The molecule has 0 unspecified atom stereocenters. The number of ether oxygens (including phenoxy) is 1. The van der Waals surface area contributed by atoms with Crippen molar-refractivity contribution in [3.63, 3.8) is 0 Å². The molecule has 18 heavy (non-hydrogen) atoms. The van der Waals surface area contributed by atoms with Gasteiger partial charge in [0.2, 0.25) is 0 Å². The fraction of sp³-hybridized carbons (Fsp3) is 0.333. The molecule has 0 radical (unpaired) electrons. The van der Waals surface area contributed by atoms with Crippen molar-refractivity contribution in [2.75, 3.05) is 26.2 Å². The zero-order chi connectivity index (χ0) is 13.0. The predicted molar refractivity (Wildman–Crippen MR) is 61.7 cm³/mol. The third-order valence-corrected chi connectivity index (χ3v) is 2.60. The molecule has 2 amide bonds. The number of hydrogen-bond donors (Lipinski definition) is 1. The van der Waals surface area contributed by atoms with Crippen LogP contribution in [0.5, 0.6) is 0 Å². The van der Waals surface area contributed by atoms with E-state index >= 15 is 0 Å². The molecule has 6 heteroatoms. The van der Waals surface area contributed by atoms with Crippen molar-refractivity contribution in [3.8, 4) is 0 Å². The minimum absolute atomic E-state index is 0.263. The molecule has 0 spiro atoms. The Bertz CT molecular complexity index is 464. The first-order chi connectivity index (χ1) is 8.66. The number of nitrogens with zero attached hydrogens (tertiary/aromatic N) is 1. The van der Waals surface area contributed by atoms with Crippen molar-refractivity contribution in [1.29, 1.82) is 0 Å². The van der Waals surface area contributed by atoms with Crippen LogP contribution in [0.15, 0.2) is 24.3 Å². The number of carbonyl (C=O) groups is 2. The van der Waals surface area contributed by atoms with E-state index in [9.17, 15) is 14.0 Å². The summed E-state index contributed by atoms with van der Waals surface area (Å²) in [6, 6.07) is 5.45. The standard InChI is InChI=1S/C12H13FN2O3/c13-10-3-1-2-9(8-10)11(16)14-4-5-15-6-7-18-12(15)17/h1-3,8H,4-7H2,(H,14,16). The van der Waals surface area contributed by atoms with Crippen LogP contribution in [0.4, 0.5) is 9.18 Å². The summed E-state index contributed by atoms with van der Waals surface area (Å²) in [5.41, 5.74) is 0.263. The van der Waals surface area contributed by atoms with E-state index in [2.05, 4.69) is 5.32 Å². The van der Waals surface area contributed by atoms with Crippen molar-refractivity contribution < 1.29 is 18.7 Å². The van der Waals surface area contributed by atoms with Crippen LogP contribution < -0.4 is 5.32 Å². The monoisotopic (exact) mass is 252 g/mol. The lowest BCUT2D eigenvalue weighted by atomic mass is 10.2. The van der Waals surface area contributed by atoms with Crippen LogP contribution in [0.2, 0.25) is 0 Å². The first kappa shape index (κ1) is 12.3. The second-order valence-corrected chi connectivity index (χ2v) is 3.87. The number of rotatable bonds is 4. The molecule has 96 valence electrons. The number of hydrogen-bond acceptors (Lipinski definition) is 3. The number of halogens is 1. The number of amides is 2. The van der Waals surface area contributed by atoms with Crippen LogP contribution >= 0.6 is 0 Å². The Kier molecular flexibility index (Phi) is 3.76. The highest BCUT2D eigenvalue weighted by atomic mass is 19.1. The Hall–Kier alpha value is -2.11. The molecule has 1 N–H and O–H groups in total. The van der Waals surface area contributed by atoms with Gasteiger partial charge in [-0.2, -0.15) is 0 Å². The largest absolute Gasteiger partial charge is 0.448 e. The summed E-state index contributed by atoms with van der Waals surface area (Å²) in [4.78, 5) is 24.3. The Morgan fingerprint density at radius 3 is 3.00 bits per heavy atom. The molecule has 0 saturated carbocycles. The van der Waals surface area contributed by atoms with E-state index in [4.69, 9.17) is 4.74 Å². The van der Waals surface area contributed by atoms with Crippen LogP contribution in [-0.2, 0) is 4.74 Å². The third kappa shape index (κ3) is 2.97. The predicted octanol–water partition coefficient (Wildman–Crippen LogP) is 1.01. The van der Waals surface area contributed by atoms with Gasteiger partial charge >= 0.3 is 6.09 Å². The molecule has 1 aromatic rings. The second-order valence-electron chi connectivity index (χ2n) is 3.87. The molecule has 1 saturated heterocycles. The Morgan fingerprint density at radius 1 is 1.50 bits per heavy atom. The van der Waals surface area contributed by atoms with Gasteiger partial charge in [-0.05, 0) is 18.2 Å². The average Bonchev–Trinajstić information content (AvgIpc) is 2.75. The minimum Gasteiger partial charge on any atom is -0.448 e. The van der Waals surface area contributed by atoms with Gasteiger partial charge < -0.3 is 15.0 Å². The van der Waals surface area contributed by atoms with Crippen molar-refractivity contribution >= 4 is 12.0 Å². The smallest absolute Gasteiger partial charge is 0.409 e. The highest BCUT2D eigenvalue weighted by Crippen LogP contribution is 2.04. The third-order valence-electron chi connectivity index (χ3n) is 2.60. The molecule has 1 heterocycles. The molecule has 2 rings (SSSR count). The van der Waals surface area contributed by atoms with Gasteiger partial charge in [0.05, 0.1) is 6.54 Å². The molecule has 1 aromatic carbocycles. The van der Waals surface area contributed by atoms with Crippen LogP contribution in [0.25, 0.3) is 0 Å². The maximum atomic E-state index is 12.9. The fourth-order valence-corrected chi connectivity index (χ4v) is 1.66. The molecular weight excluding hydrogens is 239 g/mol. The van der Waals surface area contributed by atoms with E-state index < -0.39 is 5.82 Å². The van der Waals surface area contributed by atoms with Crippen LogP contribution in [0, 0.1) is 5.82 Å². The Balaban J connectivity index is 1.80. The SMILES string of the molecule is O=C(NCCN1CCOC1=O)c1cccc(F)c1. The van der Waals surface area contributed by atoms with Gasteiger partial charge in [0.15, 0.2) is 0 Å². The van der Waals surface area contributed by atoms with Gasteiger partial charge in [-0.3, -0.25) is 4.79 Å². The first-order valence-corrected chi connectivity index (χ1v) is 5.62. The van der Waals surface area contributed by atoms with Crippen LogP contribution in [-0.4, -0.2) is 43.1 Å². The molecule has 1 aliphatic rings. The number of carbonyl (C=O) groups excluding carboxylic acids is 2. The van der Waals surface area contributed by atoms with E-state index in [-0.39, 0.29) is 17.6 Å². The first-order valence-electron chi connectivity index (χ1n) is 5.62. The lowest BCUT2D eigenvalue weighted by Crippen LogP contribution is -2.35. The summed E-state index contributed by atoms with van der Waals surface area (Å²) in [6.45, 7) is 1.62. The Labute approximate surface area is 104 Å². The molecule has 5 nitrogen and oxygen atoms in total. The molecule has 0 bridgehead atoms. The summed E-state index contributed by atoms with van der Waals surface area (Å²) >= 11 is 0. The van der Waals surface area contributed by atoms with Crippen molar-refractivity contribution in [2.45, 2.75) is 0 Å². The van der Waals surface area contributed by atoms with Crippen LogP contribution in [0.1, 0.15) is 10.4 Å². The van der Waals surface area contributed by atoms with Gasteiger partial charge in [0.1, 0.15) is 12.4 Å². The summed E-state index contributed by atoms with van der Waals surface area (Å²) < 4.78 is 17.6. The van der Waals surface area contributed by atoms with Crippen LogP contribution in [0.3, 0.4) is 0 Å². The zero-order valence-corrected chi connectivity index (χ0v) is 9.69. The van der Waals surface area contributed by atoms with E-state index in [1.807, 2.05) is 0 Å².